The highest BCUT2D eigenvalue weighted by Gasteiger charge is 2.46. The van der Waals surface area contributed by atoms with Gasteiger partial charge < -0.3 is 30.3 Å². The third kappa shape index (κ3) is 11.0. The van der Waals surface area contributed by atoms with Gasteiger partial charge in [0.05, 0.1) is 34.1 Å². The van der Waals surface area contributed by atoms with Gasteiger partial charge in [-0.05, 0) is 97.9 Å². The molecule has 3 aliphatic heterocycles. The standard InChI is InChI=1S/C40H61N7O6S/c1-27-35(54-26-42-27)31-10-8-29(9-11-31)12-15-41-36(50)33-22-32(48)24-47(33)37(51)40(6,7)28(2)43-34(49)25-44-16-13-30(14-17-44)23-45-18-20-46(21-19-45)38(52)53-39(3,4)5/h8-11,26,28,30,32-33,48H,12-25H2,1-7H3,(H,41,50)(H,43,49)/t28-,32+,33-/m0/s1. The number of likely N-dealkylation sites (tertiary alicyclic amines) is 2. The Morgan fingerprint density at radius 1 is 0.981 bits per heavy atom. The molecular formula is C40H61N7O6S. The molecule has 0 aliphatic carbocycles. The molecule has 3 aliphatic rings. The molecule has 1 aromatic heterocycles. The van der Waals surface area contributed by atoms with Crippen LogP contribution in [0.3, 0.4) is 0 Å². The molecule has 3 fully saturated rings. The van der Waals surface area contributed by atoms with E-state index in [-0.39, 0.29) is 43.3 Å². The lowest BCUT2D eigenvalue weighted by Gasteiger charge is -2.39. The number of β-amino-alcohol motifs (C(OH)–C–C–N with tert-alkyl or cyclic N) is 1. The average molecular weight is 768 g/mol. The van der Waals surface area contributed by atoms with E-state index in [9.17, 15) is 24.3 Å². The Hall–Kier alpha value is -3.59. The monoisotopic (exact) mass is 767 g/mol. The Labute approximate surface area is 324 Å². The first-order chi connectivity index (χ1) is 25.5. The van der Waals surface area contributed by atoms with Crippen molar-refractivity contribution in [2.24, 2.45) is 11.3 Å². The number of thiazole rings is 1. The molecule has 3 saturated heterocycles. The van der Waals surface area contributed by atoms with Crippen LogP contribution >= 0.6 is 11.3 Å². The number of nitrogens with one attached hydrogen (secondary N) is 2. The second-order valence-corrected chi connectivity index (χ2v) is 17.7. The maximum Gasteiger partial charge on any atom is 0.410 e. The number of hydrogen-bond acceptors (Lipinski definition) is 10. The Morgan fingerprint density at radius 3 is 2.26 bits per heavy atom. The van der Waals surface area contributed by atoms with Crippen LogP contribution in [0, 0.1) is 18.3 Å². The maximum atomic E-state index is 13.9. The number of hydrogen-bond donors (Lipinski definition) is 3. The summed E-state index contributed by atoms with van der Waals surface area (Å²) in [7, 11) is 0. The summed E-state index contributed by atoms with van der Waals surface area (Å²) in [6, 6.07) is 6.97. The van der Waals surface area contributed by atoms with Crippen molar-refractivity contribution in [1.82, 2.24) is 35.2 Å². The maximum absolute atomic E-state index is 13.9. The van der Waals surface area contributed by atoms with Gasteiger partial charge in [-0.15, -0.1) is 11.3 Å². The van der Waals surface area contributed by atoms with Gasteiger partial charge in [-0.1, -0.05) is 24.3 Å². The van der Waals surface area contributed by atoms with Gasteiger partial charge in [0.15, 0.2) is 0 Å². The molecule has 4 heterocycles. The summed E-state index contributed by atoms with van der Waals surface area (Å²) < 4.78 is 5.52. The number of carbonyl (C=O) groups excluding carboxylic acids is 4. The molecule has 0 saturated carbocycles. The van der Waals surface area contributed by atoms with Crippen molar-refractivity contribution in [2.45, 2.75) is 97.9 Å². The SMILES string of the molecule is Cc1ncsc1-c1ccc(CCNC(=O)[C@@H]2C[C@@H](O)CN2C(=O)C(C)(C)[C@H](C)NC(=O)CN2CCC(CN3CCN(C(=O)OC(C)(C)C)CC3)CC2)cc1. The zero-order valence-electron chi connectivity index (χ0n) is 33.2. The van der Waals surface area contributed by atoms with Crippen molar-refractivity contribution < 1.29 is 29.0 Å². The minimum atomic E-state index is -1.00. The van der Waals surface area contributed by atoms with Crippen molar-refractivity contribution in [1.29, 1.82) is 0 Å². The van der Waals surface area contributed by atoms with Crippen molar-refractivity contribution in [3.63, 3.8) is 0 Å². The van der Waals surface area contributed by atoms with Crippen LogP contribution in [0.25, 0.3) is 10.4 Å². The fourth-order valence-corrected chi connectivity index (χ4v) is 8.31. The van der Waals surface area contributed by atoms with Crippen LogP contribution in [0.2, 0.25) is 0 Å². The smallest absolute Gasteiger partial charge is 0.410 e. The molecule has 0 spiro atoms. The van der Waals surface area contributed by atoms with Gasteiger partial charge in [0.2, 0.25) is 17.7 Å². The molecule has 5 rings (SSSR count). The molecule has 2 aromatic rings. The normalized spacial score (nSPS) is 21.2. The van der Waals surface area contributed by atoms with Gasteiger partial charge in [-0.2, -0.15) is 0 Å². The van der Waals surface area contributed by atoms with Crippen molar-refractivity contribution in [2.75, 3.05) is 65.4 Å². The highest BCUT2D eigenvalue weighted by Crippen LogP contribution is 2.30. The molecular weight excluding hydrogens is 707 g/mol. The largest absolute Gasteiger partial charge is 0.444 e. The van der Waals surface area contributed by atoms with Gasteiger partial charge in [0.1, 0.15) is 11.6 Å². The number of nitrogens with zero attached hydrogens (tertiary/aromatic N) is 5. The van der Waals surface area contributed by atoms with Crippen LogP contribution in [-0.2, 0) is 25.5 Å². The molecule has 3 N–H and O–H groups in total. The second kappa shape index (κ2) is 17.9. The van der Waals surface area contributed by atoms with Crippen LogP contribution in [0.1, 0.15) is 72.1 Å². The van der Waals surface area contributed by atoms with Gasteiger partial charge in [0, 0.05) is 58.3 Å². The van der Waals surface area contributed by atoms with Crippen LogP contribution in [0.4, 0.5) is 4.79 Å². The number of benzene rings is 1. The molecule has 298 valence electrons. The fourth-order valence-electron chi connectivity index (χ4n) is 7.49. The highest BCUT2D eigenvalue weighted by atomic mass is 32.1. The summed E-state index contributed by atoms with van der Waals surface area (Å²) in [6.07, 6.45) is 1.77. The molecule has 13 nitrogen and oxygen atoms in total. The summed E-state index contributed by atoms with van der Waals surface area (Å²) in [5.74, 6) is -0.144. The van der Waals surface area contributed by atoms with E-state index in [0.717, 1.165) is 67.3 Å². The van der Waals surface area contributed by atoms with Crippen LogP contribution in [-0.4, -0.2) is 143 Å². The first-order valence-corrected chi connectivity index (χ1v) is 20.4. The van der Waals surface area contributed by atoms with Crippen LogP contribution < -0.4 is 10.6 Å². The number of aromatic nitrogens is 1. The number of ether oxygens (including phenoxy) is 1. The van der Waals surface area contributed by atoms with Crippen molar-refractivity contribution in [3.8, 4) is 10.4 Å². The van der Waals surface area contributed by atoms with E-state index < -0.39 is 29.2 Å². The number of aliphatic hydroxyl groups excluding tert-OH is 1. The van der Waals surface area contributed by atoms with E-state index in [0.29, 0.717) is 32.0 Å². The summed E-state index contributed by atoms with van der Waals surface area (Å²) in [5, 5.41) is 16.6. The van der Waals surface area contributed by atoms with Crippen LogP contribution in [0.5, 0.6) is 0 Å². The predicted molar refractivity (Wildman–Crippen MR) is 210 cm³/mol. The van der Waals surface area contributed by atoms with Gasteiger partial charge in [-0.25, -0.2) is 9.78 Å². The first-order valence-electron chi connectivity index (χ1n) is 19.5. The zero-order chi connectivity index (χ0) is 39.2. The minimum absolute atomic E-state index is 0.0772. The molecule has 3 atom stereocenters. The predicted octanol–water partition coefficient (Wildman–Crippen LogP) is 3.53. The van der Waals surface area contributed by atoms with E-state index in [1.54, 1.807) is 30.1 Å². The quantitative estimate of drug-likeness (QED) is 0.295. The van der Waals surface area contributed by atoms with Crippen LogP contribution in [0.15, 0.2) is 29.8 Å². The van der Waals surface area contributed by atoms with E-state index in [1.807, 2.05) is 40.1 Å². The molecule has 4 amide bonds. The van der Waals surface area contributed by atoms with E-state index >= 15 is 0 Å². The van der Waals surface area contributed by atoms with Gasteiger partial charge in [-0.3, -0.25) is 24.2 Å². The second-order valence-electron chi connectivity index (χ2n) is 16.9. The number of piperidine rings is 1. The molecule has 54 heavy (non-hydrogen) atoms. The number of aliphatic hydroxyl groups is 1. The van der Waals surface area contributed by atoms with Crippen molar-refractivity contribution >= 4 is 35.2 Å². The van der Waals surface area contributed by atoms with E-state index in [4.69, 9.17) is 4.74 Å². The number of carbonyl (C=O) groups is 4. The number of piperazine rings is 1. The Balaban J connectivity index is 1.02. The number of aryl methyl sites for hydroxylation is 1. The highest BCUT2D eigenvalue weighted by molar-refractivity contribution is 7.13. The molecule has 14 heteroatoms. The minimum Gasteiger partial charge on any atom is -0.444 e. The number of amides is 4. The van der Waals surface area contributed by atoms with E-state index in [1.165, 1.54) is 4.90 Å². The van der Waals surface area contributed by atoms with E-state index in [2.05, 4.69) is 49.7 Å². The first kappa shape index (κ1) is 41.6. The molecule has 1 aromatic carbocycles. The lowest BCUT2D eigenvalue weighted by Crippen LogP contribution is -2.56. The zero-order valence-corrected chi connectivity index (χ0v) is 34.0. The third-order valence-corrected chi connectivity index (χ3v) is 12.1. The van der Waals surface area contributed by atoms with Gasteiger partial charge in [0.25, 0.3) is 0 Å². The summed E-state index contributed by atoms with van der Waals surface area (Å²) in [6.45, 7) is 19.4. The summed E-state index contributed by atoms with van der Waals surface area (Å²) in [5.41, 5.74) is 3.55. The Bertz CT molecular complexity index is 1590. The molecule has 0 radical (unpaired) electrons. The molecule has 0 unspecified atom stereocenters. The Kier molecular flexibility index (Phi) is 13.8. The lowest BCUT2D eigenvalue weighted by atomic mass is 9.83. The van der Waals surface area contributed by atoms with Crippen molar-refractivity contribution in [3.05, 3.63) is 41.0 Å². The summed E-state index contributed by atoms with van der Waals surface area (Å²) in [4.78, 5) is 66.2. The lowest BCUT2D eigenvalue weighted by molar-refractivity contribution is -0.147. The average Bonchev–Trinajstić information content (AvgIpc) is 3.73. The molecule has 0 bridgehead atoms. The van der Waals surface area contributed by atoms with Gasteiger partial charge >= 0.3 is 6.09 Å². The Morgan fingerprint density at radius 2 is 1.65 bits per heavy atom. The topological polar surface area (TPSA) is 148 Å². The fraction of sp³-hybridized carbons (Fsp3) is 0.675. The third-order valence-electron chi connectivity index (χ3n) is 11.1. The summed E-state index contributed by atoms with van der Waals surface area (Å²) >= 11 is 1.61. The number of rotatable bonds is 12.